The van der Waals surface area contributed by atoms with Crippen molar-refractivity contribution in [2.24, 2.45) is 0 Å². The van der Waals surface area contributed by atoms with Crippen molar-refractivity contribution in [1.29, 1.82) is 0 Å². The van der Waals surface area contributed by atoms with E-state index in [1.54, 1.807) is 32.4 Å². The highest BCUT2D eigenvalue weighted by molar-refractivity contribution is 5.47. The van der Waals surface area contributed by atoms with Gasteiger partial charge in [0.25, 0.3) is 0 Å². The Balaban J connectivity index is 3.22. The number of hydrogen-bond donors (Lipinski definition) is 1. The molecule has 1 aromatic rings. The largest absolute Gasteiger partial charge is 0.496 e. The second-order valence-electron chi connectivity index (χ2n) is 3.77. The van der Waals surface area contributed by atoms with Crippen LogP contribution in [0, 0.1) is 0 Å². The molecule has 1 N–H and O–H groups in total. The highest BCUT2D eigenvalue weighted by Crippen LogP contribution is 2.34. The van der Waals surface area contributed by atoms with Gasteiger partial charge >= 0.3 is 0 Å². The molecule has 3 heteroatoms. The molecule has 1 rings (SSSR count). The average molecular weight is 222 g/mol. The summed E-state index contributed by atoms with van der Waals surface area (Å²) in [5, 5.41) is 10.1. The Labute approximate surface area is 96.3 Å². The minimum absolute atomic E-state index is 0.629. The summed E-state index contributed by atoms with van der Waals surface area (Å²) in [5.41, 5.74) is 1.70. The quantitative estimate of drug-likeness (QED) is 0.796. The minimum Gasteiger partial charge on any atom is -0.496 e. The van der Waals surface area contributed by atoms with E-state index in [0.717, 1.165) is 5.57 Å². The van der Waals surface area contributed by atoms with Crippen molar-refractivity contribution in [1.82, 2.24) is 0 Å². The van der Waals surface area contributed by atoms with E-state index in [2.05, 4.69) is 0 Å². The smallest absolute Gasteiger partial charge is 0.128 e. The standard InChI is InChI=1S/C13H18O3/c1-9(2)8-10(14)13-11(15-3)6-5-7-12(13)16-4/h5-8,10,14H,1-4H3. The van der Waals surface area contributed by atoms with Gasteiger partial charge in [0.15, 0.2) is 0 Å². The molecule has 0 aliphatic heterocycles. The number of aliphatic hydroxyl groups is 1. The zero-order chi connectivity index (χ0) is 12.1. The van der Waals surface area contributed by atoms with Crippen molar-refractivity contribution in [3.63, 3.8) is 0 Å². The lowest BCUT2D eigenvalue weighted by Crippen LogP contribution is -2.01. The summed E-state index contributed by atoms with van der Waals surface area (Å²) in [6.07, 6.45) is 1.05. The van der Waals surface area contributed by atoms with Crippen LogP contribution < -0.4 is 9.47 Å². The minimum atomic E-state index is -0.712. The summed E-state index contributed by atoms with van der Waals surface area (Å²) in [4.78, 5) is 0. The van der Waals surface area contributed by atoms with Gasteiger partial charge in [-0.1, -0.05) is 17.7 Å². The van der Waals surface area contributed by atoms with Crippen LogP contribution in [-0.2, 0) is 0 Å². The first-order valence-electron chi connectivity index (χ1n) is 5.14. The zero-order valence-electron chi connectivity index (χ0n) is 10.2. The SMILES string of the molecule is COc1cccc(OC)c1C(O)C=C(C)C. The molecule has 0 saturated heterocycles. The number of benzene rings is 1. The number of methoxy groups -OCH3 is 2. The first-order valence-corrected chi connectivity index (χ1v) is 5.14. The van der Waals surface area contributed by atoms with Gasteiger partial charge in [-0.15, -0.1) is 0 Å². The topological polar surface area (TPSA) is 38.7 Å². The summed E-state index contributed by atoms with van der Waals surface area (Å²) < 4.78 is 10.4. The number of allylic oxidation sites excluding steroid dienone is 1. The molecule has 0 bridgehead atoms. The molecule has 1 unspecified atom stereocenters. The molecule has 0 radical (unpaired) electrons. The van der Waals surface area contributed by atoms with Gasteiger partial charge in [0, 0.05) is 0 Å². The second-order valence-corrected chi connectivity index (χ2v) is 3.77. The van der Waals surface area contributed by atoms with Gasteiger partial charge in [0.05, 0.1) is 19.8 Å². The molecule has 0 aliphatic rings. The highest BCUT2D eigenvalue weighted by Gasteiger charge is 2.16. The molecule has 1 atom stereocenters. The van der Waals surface area contributed by atoms with Crippen molar-refractivity contribution in [3.05, 3.63) is 35.4 Å². The zero-order valence-corrected chi connectivity index (χ0v) is 10.2. The van der Waals surface area contributed by atoms with Gasteiger partial charge in [-0.05, 0) is 26.0 Å². The maximum absolute atomic E-state index is 10.1. The number of aliphatic hydroxyl groups excluding tert-OH is 1. The predicted octanol–water partition coefficient (Wildman–Crippen LogP) is 2.70. The first-order chi connectivity index (χ1) is 7.60. The van der Waals surface area contributed by atoms with Crippen LogP contribution in [-0.4, -0.2) is 19.3 Å². The Morgan fingerprint density at radius 2 is 1.69 bits per heavy atom. The van der Waals surface area contributed by atoms with E-state index in [-0.39, 0.29) is 0 Å². The maximum atomic E-state index is 10.1. The molecular weight excluding hydrogens is 204 g/mol. The number of ether oxygens (including phenoxy) is 2. The van der Waals surface area contributed by atoms with E-state index in [1.165, 1.54) is 0 Å². The Morgan fingerprint density at radius 1 is 1.19 bits per heavy atom. The lowest BCUT2D eigenvalue weighted by atomic mass is 10.0. The van der Waals surface area contributed by atoms with Crippen LogP contribution in [0.5, 0.6) is 11.5 Å². The molecule has 1 aromatic carbocycles. The number of hydrogen-bond acceptors (Lipinski definition) is 3. The van der Waals surface area contributed by atoms with Crippen molar-refractivity contribution in [3.8, 4) is 11.5 Å². The highest BCUT2D eigenvalue weighted by atomic mass is 16.5. The van der Waals surface area contributed by atoms with E-state index in [4.69, 9.17) is 9.47 Å². The van der Waals surface area contributed by atoms with Crippen LogP contribution in [0.15, 0.2) is 29.8 Å². The Morgan fingerprint density at radius 3 is 2.06 bits per heavy atom. The van der Waals surface area contributed by atoms with Gasteiger partial charge in [-0.2, -0.15) is 0 Å². The van der Waals surface area contributed by atoms with Crippen LogP contribution in [0.2, 0.25) is 0 Å². The van der Waals surface area contributed by atoms with Crippen LogP contribution in [0.4, 0.5) is 0 Å². The Kier molecular flexibility index (Phi) is 4.38. The van der Waals surface area contributed by atoms with E-state index in [1.807, 2.05) is 19.9 Å². The fourth-order valence-electron chi connectivity index (χ4n) is 1.57. The Bertz CT molecular complexity index is 357. The van der Waals surface area contributed by atoms with Gasteiger partial charge in [0.2, 0.25) is 0 Å². The van der Waals surface area contributed by atoms with Crippen molar-refractivity contribution in [2.75, 3.05) is 14.2 Å². The van der Waals surface area contributed by atoms with Crippen LogP contribution in [0.3, 0.4) is 0 Å². The monoisotopic (exact) mass is 222 g/mol. The Hall–Kier alpha value is -1.48. The number of rotatable bonds is 4. The summed E-state index contributed by atoms with van der Waals surface area (Å²) in [5.74, 6) is 1.26. The van der Waals surface area contributed by atoms with Crippen molar-refractivity contribution >= 4 is 0 Å². The average Bonchev–Trinajstić information content (AvgIpc) is 2.26. The van der Waals surface area contributed by atoms with Gasteiger partial charge in [-0.3, -0.25) is 0 Å². The molecule has 0 saturated carbocycles. The molecule has 0 amide bonds. The van der Waals surface area contributed by atoms with E-state index in [9.17, 15) is 5.11 Å². The molecule has 0 aliphatic carbocycles. The van der Waals surface area contributed by atoms with Crippen LogP contribution in [0.1, 0.15) is 25.5 Å². The summed E-state index contributed by atoms with van der Waals surface area (Å²) in [7, 11) is 3.15. The van der Waals surface area contributed by atoms with Gasteiger partial charge in [0.1, 0.15) is 17.6 Å². The summed E-state index contributed by atoms with van der Waals surface area (Å²) in [6, 6.07) is 5.44. The third kappa shape index (κ3) is 2.76. The second kappa shape index (κ2) is 5.56. The van der Waals surface area contributed by atoms with Crippen molar-refractivity contribution < 1.29 is 14.6 Å². The first kappa shape index (κ1) is 12.6. The molecule has 0 spiro atoms. The molecule has 88 valence electrons. The van der Waals surface area contributed by atoms with Gasteiger partial charge < -0.3 is 14.6 Å². The van der Waals surface area contributed by atoms with Crippen LogP contribution in [0.25, 0.3) is 0 Å². The molecule has 0 heterocycles. The van der Waals surface area contributed by atoms with E-state index in [0.29, 0.717) is 17.1 Å². The molecular formula is C13H18O3. The molecule has 16 heavy (non-hydrogen) atoms. The third-order valence-corrected chi connectivity index (χ3v) is 2.25. The normalized spacial score (nSPS) is 11.8. The lowest BCUT2D eigenvalue weighted by Gasteiger charge is -2.16. The third-order valence-electron chi connectivity index (χ3n) is 2.25. The van der Waals surface area contributed by atoms with Crippen LogP contribution >= 0.6 is 0 Å². The lowest BCUT2D eigenvalue weighted by molar-refractivity contribution is 0.215. The fourth-order valence-corrected chi connectivity index (χ4v) is 1.57. The fraction of sp³-hybridized carbons (Fsp3) is 0.385. The molecule has 0 fully saturated rings. The van der Waals surface area contributed by atoms with E-state index >= 15 is 0 Å². The van der Waals surface area contributed by atoms with Crippen molar-refractivity contribution in [2.45, 2.75) is 20.0 Å². The summed E-state index contributed by atoms with van der Waals surface area (Å²) >= 11 is 0. The van der Waals surface area contributed by atoms with Gasteiger partial charge in [-0.25, -0.2) is 0 Å². The predicted molar refractivity (Wildman–Crippen MR) is 63.9 cm³/mol. The summed E-state index contributed by atoms with van der Waals surface area (Å²) in [6.45, 7) is 3.87. The molecule has 3 nitrogen and oxygen atoms in total. The maximum Gasteiger partial charge on any atom is 0.128 e. The molecule has 0 aromatic heterocycles. The van der Waals surface area contributed by atoms with E-state index < -0.39 is 6.10 Å².